The number of amides is 1. The first-order valence-corrected chi connectivity index (χ1v) is 9.18. The van der Waals surface area contributed by atoms with Crippen molar-refractivity contribution in [3.8, 4) is 11.8 Å². The van der Waals surface area contributed by atoms with Gasteiger partial charge in [-0.05, 0) is 48.7 Å². The van der Waals surface area contributed by atoms with Gasteiger partial charge in [0.15, 0.2) is 0 Å². The number of hydrogen-bond donors (Lipinski definition) is 1. The summed E-state index contributed by atoms with van der Waals surface area (Å²) in [6.45, 7) is 0.914. The molecule has 1 fully saturated rings. The van der Waals surface area contributed by atoms with Crippen molar-refractivity contribution >= 4 is 34.8 Å². The van der Waals surface area contributed by atoms with Crippen LogP contribution in [0, 0.1) is 11.3 Å². The number of ether oxygens (including phenoxy) is 2. The molecule has 0 spiro atoms. The molecule has 0 aliphatic carbocycles. The molecule has 0 bridgehead atoms. The number of anilines is 1. The molecule has 1 heterocycles. The fourth-order valence-corrected chi connectivity index (χ4v) is 3.93. The molecule has 0 atom stereocenters. The fourth-order valence-electron chi connectivity index (χ4n) is 3.34. The van der Waals surface area contributed by atoms with Crippen LogP contribution in [0.1, 0.15) is 24.0 Å². The van der Waals surface area contributed by atoms with E-state index in [2.05, 4.69) is 11.4 Å². The Morgan fingerprint density at radius 2 is 1.96 bits per heavy atom. The van der Waals surface area contributed by atoms with Crippen molar-refractivity contribution in [3.05, 3.63) is 57.6 Å². The standard InChI is InChI=1S/C20H18Cl2N2O3/c1-26-18-5-3-15(10-13(18)12-23)24-19(25)20(6-8-27-9-7-20)16-4-2-14(21)11-17(16)22/h2-5,10-11H,6-9H2,1H3,(H,24,25). The van der Waals surface area contributed by atoms with E-state index >= 15 is 0 Å². The third-order valence-electron chi connectivity index (χ3n) is 4.81. The first kappa shape index (κ1) is 19.5. The molecular weight excluding hydrogens is 387 g/mol. The molecule has 0 radical (unpaired) electrons. The number of hydrogen-bond acceptors (Lipinski definition) is 4. The molecule has 1 amide bonds. The molecule has 140 valence electrons. The van der Waals surface area contributed by atoms with Gasteiger partial charge in [-0.3, -0.25) is 4.79 Å². The second-order valence-corrected chi connectivity index (χ2v) is 7.14. The molecular formula is C20H18Cl2N2O3. The van der Waals surface area contributed by atoms with Gasteiger partial charge in [0.2, 0.25) is 5.91 Å². The summed E-state index contributed by atoms with van der Waals surface area (Å²) in [6.07, 6.45) is 1.00. The third kappa shape index (κ3) is 3.89. The lowest BCUT2D eigenvalue weighted by Crippen LogP contribution is -2.45. The summed E-state index contributed by atoms with van der Waals surface area (Å²) < 4.78 is 10.6. The Morgan fingerprint density at radius 1 is 1.22 bits per heavy atom. The second-order valence-electron chi connectivity index (χ2n) is 6.30. The lowest BCUT2D eigenvalue weighted by Gasteiger charge is -2.36. The first-order valence-electron chi connectivity index (χ1n) is 8.43. The molecule has 2 aromatic carbocycles. The van der Waals surface area contributed by atoms with Crippen molar-refractivity contribution in [2.24, 2.45) is 0 Å². The number of rotatable bonds is 4. The number of benzene rings is 2. The zero-order chi connectivity index (χ0) is 19.4. The molecule has 1 N–H and O–H groups in total. The number of carbonyl (C=O) groups is 1. The van der Waals surface area contributed by atoms with E-state index in [1.807, 2.05) is 0 Å². The van der Waals surface area contributed by atoms with Crippen LogP contribution in [0.4, 0.5) is 5.69 Å². The number of nitrogens with one attached hydrogen (secondary N) is 1. The predicted octanol–water partition coefficient (Wildman–Crippen LogP) is 4.56. The Kier molecular flexibility index (Phi) is 5.91. The van der Waals surface area contributed by atoms with Crippen molar-refractivity contribution in [1.29, 1.82) is 5.26 Å². The van der Waals surface area contributed by atoms with Crippen molar-refractivity contribution in [2.75, 3.05) is 25.6 Å². The van der Waals surface area contributed by atoms with Gasteiger partial charge in [-0.15, -0.1) is 0 Å². The average molecular weight is 405 g/mol. The van der Waals surface area contributed by atoms with Crippen LogP contribution in [-0.4, -0.2) is 26.2 Å². The topological polar surface area (TPSA) is 71.3 Å². The predicted molar refractivity (Wildman–Crippen MR) is 105 cm³/mol. The van der Waals surface area contributed by atoms with E-state index in [1.54, 1.807) is 36.4 Å². The van der Waals surface area contributed by atoms with Crippen LogP contribution in [0.15, 0.2) is 36.4 Å². The molecule has 0 aromatic heterocycles. The zero-order valence-corrected chi connectivity index (χ0v) is 16.2. The molecule has 1 aliphatic rings. The first-order chi connectivity index (χ1) is 13.0. The van der Waals surface area contributed by atoms with Gasteiger partial charge in [0, 0.05) is 28.9 Å². The summed E-state index contributed by atoms with van der Waals surface area (Å²) in [4.78, 5) is 13.3. The lowest BCUT2D eigenvalue weighted by molar-refractivity contribution is -0.125. The van der Waals surface area contributed by atoms with Crippen LogP contribution in [0.2, 0.25) is 10.0 Å². The molecule has 5 nitrogen and oxygen atoms in total. The van der Waals surface area contributed by atoms with Gasteiger partial charge in [0.05, 0.1) is 18.1 Å². The van der Waals surface area contributed by atoms with Crippen LogP contribution < -0.4 is 10.1 Å². The highest BCUT2D eigenvalue weighted by molar-refractivity contribution is 6.35. The minimum Gasteiger partial charge on any atom is -0.495 e. The van der Waals surface area contributed by atoms with Crippen LogP contribution in [0.3, 0.4) is 0 Å². The largest absolute Gasteiger partial charge is 0.495 e. The fraction of sp³-hybridized carbons (Fsp3) is 0.300. The average Bonchev–Trinajstić information content (AvgIpc) is 2.68. The maximum Gasteiger partial charge on any atom is 0.235 e. The van der Waals surface area contributed by atoms with Crippen molar-refractivity contribution in [1.82, 2.24) is 0 Å². The van der Waals surface area contributed by atoms with Crippen molar-refractivity contribution < 1.29 is 14.3 Å². The minimum atomic E-state index is -0.827. The number of carbonyl (C=O) groups excluding carboxylic acids is 1. The maximum atomic E-state index is 13.3. The van der Waals surface area contributed by atoms with Gasteiger partial charge in [-0.2, -0.15) is 5.26 Å². The Morgan fingerprint density at radius 3 is 2.59 bits per heavy atom. The third-order valence-corrected chi connectivity index (χ3v) is 5.35. The summed E-state index contributed by atoms with van der Waals surface area (Å²) in [5.41, 5.74) is 0.768. The van der Waals surface area contributed by atoms with Gasteiger partial charge in [-0.1, -0.05) is 29.3 Å². The number of nitriles is 1. The van der Waals surface area contributed by atoms with Gasteiger partial charge < -0.3 is 14.8 Å². The van der Waals surface area contributed by atoms with Gasteiger partial charge in [0.1, 0.15) is 11.8 Å². The van der Waals surface area contributed by atoms with E-state index in [0.717, 1.165) is 5.56 Å². The number of nitrogens with zero attached hydrogens (tertiary/aromatic N) is 1. The van der Waals surface area contributed by atoms with Crippen LogP contribution in [-0.2, 0) is 14.9 Å². The SMILES string of the molecule is COc1ccc(NC(=O)C2(c3ccc(Cl)cc3Cl)CCOCC2)cc1C#N. The summed E-state index contributed by atoms with van der Waals surface area (Å²) >= 11 is 12.4. The lowest BCUT2D eigenvalue weighted by atomic mass is 9.73. The van der Waals surface area contributed by atoms with Gasteiger partial charge in [-0.25, -0.2) is 0 Å². The molecule has 0 saturated carbocycles. The van der Waals surface area contributed by atoms with E-state index in [0.29, 0.717) is 53.1 Å². The van der Waals surface area contributed by atoms with Gasteiger partial charge >= 0.3 is 0 Å². The van der Waals surface area contributed by atoms with E-state index in [-0.39, 0.29) is 5.91 Å². The molecule has 0 unspecified atom stereocenters. The molecule has 1 aliphatic heterocycles. The summed E-state index contributed by atoms with van der Waals surface area (Å²) in [5, 5.41) is 13.1. The summed E-state index contributed by atoms with van der Waals surface area (Å²) in [6, 6.07) is 12.2. The van der Waals surface area contributed by atoms with E-state index in [1.165, 1.54) is 7.11 Å². The minimum absolute atomic E-state index is 0.191. The maximum absolute atomic E-state index is 13.3. The van der Waals surface area contributed by atoms with E-state index in [9.17, 15) is 10.1 Å². The molecule has 7 heteroatoms. The molecule has 2 aromatic rings. The van der Waals surface area contributed by atoms with Crippen LogP contribution >= 0.6 is 23.2 Å². The number of methoxy groups -OCH3 is 1. The highest BCUT2D eigenvalue weighted by atomic mass is 35.5. The van der Waals surface area contributed by atoms with Gasteiger partial charge in [0.25, 0.3) is 0 Å². The molecule has 27 heavy (non-hydrogen) atoms. The van der Waals surface area contributed by atoms with E-state index in [4.69, 9.17) is 32.7 Å². The monoisotopic (exact) mass is 404 g/mol. The number of halogens is 2. The Hall–Kier alpha value is -2.26. The van der Waals surface area contributed by atoms with Crippen molar-refractivity contribution in [2.45, 2.75) is 18.3 Å². The normalized spacial score (nSPS) is 15.6. The highest BCUT2D eigenvalue weighted by Crippen LogP contribution is 2.40. The molecule has 1 saturated heterocycles. The Labute approximate surface area is 167 Å². The zero-order valence-electron chi connectivity index (χ0n) is 14.7. The van der Waals surface area contributed by atoms with E-state index < -0.39 is 5.41 Å². The Balaban J connectivity index is 1.96. The van der Waals surface area contributed by atoms with Crippen LogP contribution in [0.5, 0.6) is 5.75 Å². The van der Waals surface area contributed by atoms with Crippen molar-refractivity contribution in [3.63, 3.8) is 0 Å². The summed E-state index contributed by atoms with van der Waals surface area (Å²) in [7, 11) is 1.49. The quantitative estimate of drug-likeness (QED) is 0.810. The highest BCUT2D eigenvalue weighted by Gasteiger charge is 2.43. The molecule has 3 rings (SSSR count). The summed E-state index contributed by atoms with van der Waals surface area (Å²) in [5.74, 6) is 0.265. The smallest absolute Gasteiger partial charge is 0.235 e. The second kappa shape index (κ2) is 8.18. The Bertz CT molecular complexity index is 903. The van der Waals surface area contributed by atoms with Crippen LogP contribution in [0.25, 0.3) is 0 Å².